The molecule has 0 amide bonds. The van der Waals surface area contributed by atoms with Crippen LogP contribution in [-0.2, 0) is 4.79 Å². The largest absolute Gasteiger partial charge is 0.289 e. The molecule has 0 aliphatic rings. The predicted molar refractivity (Wildman–Crippen MR) is 37.5 cm³/mol. The summed E-state index contributed by atoms with van der Waals surface area (Å²) in [6.45, 7) is 0. The number of halogens is 2. The van der Waals surface area contributed by atoms with Crippen molar-refractivity contribution in [3.63, 3.8) is 0 Å². The highest BCUT2D eigenvalue weighted by molar-refractivity contribution is 14.2. The molecule has 0 spiro atoms. The third kappa shape index (κ3) is 5.13. The second kappa shape index (κ2) is 3.32. The van der Waals surface area contributed by atoms with Crippen LogP contribution in [0.25, 0.3) is 0 Å². The molecule has 0 aromatic heterocycles. The molecular weight excluding hydrogens is 294 g/mol. The molecular formula is C2HI2O. The van der Waals surface area contributed by atoms with Crippen molar-refractivity contribution in [3.05, 3.63) is 0 Å². The van der Waals surface area contributed by atoms with Gasteiger partial charge in [-0.25, -0.2) is 0 Å². The molecule has 1 nitrogen and oxygen atoms in total. The van der Waals surface area contributed by atoms with Crippen LogP contribution in [0, 0.1) is 0 Å². The molecule has 0 fully saturated rings. The van der Waals surface area contributed by atoms with Crippen LogP contribution in [0.3, 0.4) is 0 Å². The summed E-state index contributed by atoms with van der Waals surface area (Å²) in [6, 6.07) is 0. The first kappa shape index (κ1) is 6.13. The second-order valence-corrected chi connectivity index (χ2v) is 5.29. The molecule has 0 bridgehead atoms. The van der Waals surface area contributed by atoms with Crippen molar-refractivity contribution in [2.24, 2.45) is 0 Å². The fourth-order valence-corrected chi connectivity index (χ4v) is 0. The van der Waals surface area contributed by atoms with Crippen LogP contribution >= 0.6 is 45.2 Å². The minimum atomic E-state index is 0.0187. The minimum Gasteiger partial charge on any atom is -0.289 e. The Balaban J connectivity index is 2.83. The molecule has 0 N–H and O–H groups in total. The molecule has 0 aromatic rings. The average molecular weight is 295 g/mol. The normalized spacial score (nSPS) is 8.60. The Bertz CT molecular complexity index is 34.6. The minimum absolute atomic E-state index is 0.0187. The second-order valence-electron chi connectivity index (χ2n) is 0.419. The molecule has 0 heterocycles. The van der Waals surface area contributed by atoms with Gasteiger partial charge in [-0.05, 0) is 0 Å². The number of alkyl halides is 2. The third-order valence-corrected chi connectivity index (χ3v) is 0.598. The van der Waals surface area contributed by atoms with Crippen LogP contribution in [0.15, 0.2) is 0 Å². The van der Waals surface area contributed by atoms with Crippen LogP contribution in [0.5, 0.6) is 0 Å². The Kier molecular flexibility index (Phi) is 4.08. The zero-order chi connectivity index (χ0) is 4.28. The van der Waals surface area contributed by atoms with Gasteiger partial charge >= 0.3 is 0 Å². The highest BCUT2D eigenvalue weighted by Gasteiger charge is 1.87. The highest BCUT2D eigenvalue weighted by atomic mass is 127. The summed E-state index contributed by atoms with van der Waals surface area (Å²) < 4.78 is 0.0187. The maximum atomic E-state index is 9.36. The first-order valence-corrected chi connectivity index (χ1v) is 3.42. The lowest BCUT2D eigenvalue weighted by Gasteiger charge is -1.71. The summed E-state index contributed by atoms with van der Waals surface area (Å²) in [5.41, 5.74) is 0. The number of rotatable bonds is 1. The fraction of sp³-hybridized carbons (Fsp3) is 0.500. The summed E-state index contributed by atoms with van der Waals surface area (Å²) in [4.78, 5) is 9.36. The monoisotopic (exact) mass is 295 g/mol. The Morgan fingerprint density at radius 2 is 1.80 bits per heavy atom. The van der Waals surface area contributed by atoms with Crippen LogP contribution in [0.1, 0.15) is 0 Å². The summed E-state index contributed by atoms with van der Waals surface area (Å²) in [7, 11) is 0. The zero-order valence-corrected chi connectivity index (χ0v) is 6.56. The lowest BCUT2D eigenvalue weighted by molar-refractivity contribution is 0.560. The van der Waals surface area contributed by atoms with E-state index in [1.54, 1.807) is 6.29 Å². The van der Waals surface area contributed by atoms with Gasteiger partial charge in [0, 0.05) is 0 Å². The van der Waals surface area contributed by atoms with E-state index in [0.717, 1.165) is 0 Å². The van der Waals surface area contributed by atoms with Gasteiger partial charge in [-0.2, -0.15) is 0 Å². The first-order valence-electron chi connectivity index (χ1n) is 0.929. The van der Waals surface area contributed by atoms with E-state index in [1.807, 2.05) is 45.2 Å². The Hall–Kier alpha value is 1.13. The molecule has 1 radical (unpaired) electrons. The van der Waals surface area contributed by atoms with Crippen molar-refractivity contribution in [1.29, 1.82) is 0 Å². The van der Waals surface area contributed by atoms with Gasteiger partial charge in [-0.1, -0.05) is 45.2 Å². The van der Waals surface area contributed by atoms with E-state index in [4.69, 9.17) is 0 Å². The van der Waals surface area contributed by atoms with E-state index in [1.165, 1.54) is 0 Å². The van der Waals surface area contributed by atoms with Gasteiger partial charge in [-0.15, -0.1) is 0 Å². The molecule has 5 heavy (non-hydrogen) atoms. The summed E-state index contributed by atoms with van der Waals surface area (Å²) in [5, 5.41) is 0. The molecule has 0 unspecified atom stereocenters. The third-order valence-electron chi connectivity index (χ3n) is 0.0891. The maximum Gasteiger partial charge on any atom is 0.222 e. The van der Waals surface area contributed by atoms with Gasteiger partial charge in [0.1, 0.15) is 1.93 Å². The van der Waals surface area contributed by atoms with E-state index in [9.17, 15) is 4.79 Å². The van der Waals surface area contributed by atoms with Crippen molar-refractivity contribution < 1.29 is 4.79 Å². The molecule has 0 rings (SSSR count). The standard InChI is InChI=1S/C2HI2O/c3-2(4)1-5/h2H. The van der Waals surface area contributed by atoms with Crippen molar-refractivity contribution in [2.75, 3.05) is 0 Å². The average Bonchev–Trinajstić information content (AvgIpc) is 1.38. The van der Waals surface area contributed by atoms with Gasteiger partial charge in [0.25, 0.3) is 0 Å². The quantitative estimate of drug-likeness (QED) is 0.526. The van der Waals surface area contributed by atoms with Gasteiger partial charge in [0.15, 0.2) is 0 Å². The smallest absolute Gasteiger partial charge is 0.222 e. The first-order chi connectivity index (χ1) is 2.27. The molecule has 0 saturated heterocycles. The number of hydrogen-bond donors (Lipinski definition) is 0. The van der Waals surface area contributed by atoms with Crippen LogP contribution in [0.2, 0.25) is 0 Å². The summed E-state index contributed by atoms with van der Waals surface area (Å²) in [5.74, 6) is 0. The Morgan fingerprint density at radius 3 is 1.80 bits per heavy atom. The summed E-state index contributed by atoms with van der Waals surface area (Å²) >= 11 is 3.94. The van der Waals surface area contributed by atoms with Crippen molar-refractivity contribution in [2.45, 2.75) is 1.93 Å². The molecule has 0 saturated carbocycles. The van der Waals surface area contributed by atoms with E-state index in [2.05, 4.69) is 0 Å². The Labute approximate surface area is 57.8 Å². The van der Waals surface area contributed by atoms with Gasteiger partial charge in [0.2, 0.25) is 6.29 Å². The van der Waals surface area contributed by atoms with Crippen molar-refractivity contribution in [1.82, 2.24) is 0 Å². The summed E-state index contributed by atoms with van der Waals surface area (Å²) in [6.07, 6.45) is 1.75. The zero-order valence-electron chi connectivity index (χ0n) is 2.24. The van der Waals surface area contributed by atoms with Gasteiger partial charge < -0.3 is 0 Å². The lowest BCUT2D eigenvalue weighted by atomic mass is 11.0. The van der Waals surface area contributed by atoms with Crippen LogP contribution in [-0.4, -0.2) is 8.22 Å². The molecule has 3 heteroatoms. The van der Waals surface area contributed by atoms with E-state index in [-0.39, 0.29) is 1.93 Å². The van der Waals surface area contributed by atoms with Crippen molar-refractivity contribution >= 4 is 51.5 Å². The molecule has 0 aromatic carbocycles. The van der Waals surface area contributed by atoms with Gasteiger partial charge in [0.05, 0.1) is 0 Å². The fourth-order valence-electron chi connectivity index (χ4n) is 0. The van der Waals surface area contributed by atoms with E-state index in [0.29, 0.717) is 0 Å². The topological polar surface area (TPSA) is 17.1 Å². The Morgan fingerprint density at radius 1 is 1.60 bits per heavy atom. The molecule has 0 aliphatic carbocycles. The molecule has 29 valence electrons. The maximum absolute atomic E-state index is 9.36. The van der Waals surface area contributed by atoms with Gasteiger partial charge in [-0.3, -0.25) is 4.79 Å². The van der Waals surface area contributed by atoms with Crippen LogP contribution in [0.4, 0.5) is 0 Å². The predicted octanol–water partition coefficient (Wildman–Crippen LogP) is 1.29. The van der Waals surface area contributed by atoms with E-state index >= 15 is 0 Å². The number of hydrogen-bond acceptors (Lipinski definition) is 1. The number of carbonyl (C=O) groups excluding carboxylic acids is 1. The SMILES string of the molecule is O=[C]C(I)I. The highest BCUT2D eigenvalue weighted by Crippen LogP contribution is 2.03. The molecule has 0 atom stereocenters. The lowest BCUT2D eigenvalue weighted by Crippen LogP contribution is -1.78. The van der Waals surface area contributed by atoms with E-state index < -0.39 is 0 Å². The van der Waals surface area contributed by atoms with Crippen LogP contribution < -0.4 is 0 Å². The van der Waals surface area contributed by atoms with Crippen molar-refractivity contribution in [3.8, 4) is 0 Å². The molecule has 0 aliphatic heterocycles.